The smallest absolute Gasteiger partial charge is 0.252 e. The Labute approximate surface area is 146 Å². The summed E-state index contributed by atoms with van der Waals surface area (Å²) in [7, 11) is 0. The van der Waals surface area contributed by atoms with Crippen LogP contribution in [0, 0.1) is 0 Å². The molecule has 1 aliphatic heterocycles. The molecule has 6 heteroatoms. The van der Waals surface area contributed by atoms with Crippen molar-refractivity contribution in [2.75, 3.05) is 13.1 Å². The van der Waals surface area contributed by atoms with Crippen molar-refractivity contribution in [1.82, 2.24) is 24.5 Å². The first-order valence-corrected chi connectivity index (χ1v) is 8.77. The number of aryl methyl sites for hydroxylation is 1. The van der Waals surface area contributed by atoms with Gasteiger partial charge < -0.3 is 4.90 Å². The van der Waals surface area contributed by atoms with Crippen molar-refractivity contribution in [3.8, 4) is 0 Å². The average Bonchev–Trinajstić information content (AvgIpc) is 3.16. The molecule has 0 bridgehead atoms. The Morgan fingerprint density at radius 3 is 2.68 bits per heavy atom. The van der Waals surface area contributed by atoms with Gasteiger partial charge in [0.2, 0.25) is 5.91 Å². The van der Waals surface area contributed by atoms with Gasteiger partial charge in [-0.2, -0.15) is 10.1 Å². The zero-order valence-electron chi connectivity index (χ0n) is 14.1. The Morgan fingerprint density at radius 2 is 1.88 bits per heavy atom. The third kappa shape index (κ3) is 3.38. The van der Waals surface area contributed by atoms with E-state index in [0.29, 0.717) is 18.1 Å². The van der Waals surface area contributed by atoms with Crippen LogP contribution < -0.4 is 0 Å². The van der Waals surface area contributed by atoms with E-state index < -0.39 is 0 Å². The zero-order chi connectivity index (χ0) is 17.1. The second-order valence-electron chi connectivity index (χ2n) is 6.48. The van der Waals surface area contributed by atoms with Crippen molar-refractivity contribution in [1.29, 1.82) is 0 Å². The van der Waals surface area contributed by atoms with E-state index in [4.69, 9.17) is 0 Å². The standard InChI is InChI=1S/C19H21N5O/c25-18(7-6-15-4-2-1-3-5-15)23-12-9-16(10-13-23)17-8-11-20-19-21-14-22-24(17)19/h1-5,8,11,14,16H,6-7,9-10,12-13H2. The SMILES string of the molecule is O=C(CCc1ccccc1)N1CCC(c2ccnc3ncnn23)CC1. The van der Waals surface area contributed by atoms with Gasteiger partial charge in [0.15, 0.2) is 0 Å². The van der Waals surface area contributed by atoms with Crippen LogP contribution in [0.4, 0.5) is 0 Å². The monoisotopic (exact) mass is 335 g/mol. The van der Waals surface area contributed by atoms with Gasteiger partial charge in [-0.1, -0.05) is 30.3 Å². The molecule has 0 unspecified atom stereocenters. The van der Waals surface area contributed by atoms with E-state index in [1.165, 1.54) is 11.9 Å². The van der Waals surface area contributed by atoms with Gasteiger partial charge in [0, 0.05) is 31.6 Å². The summed E-state index contributed by atoms with van der Waals surface area (Å²) in [5.41, 5.74) is 2.36. The van der Waals surface area contributed by atoms with Crippen molar-refractivity contribution in [2.45, 2.75) is 31.6 Å². The van der Waals surface area contributed by atoms with Crippen molar-refractivity contribution < 1.29 is 4.79 Å². The molecule has 0 N–H and O–H groups in total. The summed E-state index contributed by atoms with van der Waals surface area (Å²) in [4.78, 5) is 22.8. The highest BCUT2D eigenvalue weighted by molar-refractivity contribution is 5.76. The van der Waals surface area contributed by atoms with Crippen LogP contribution in [0.25, 0.3) is 5.78 Å². The summed E-state index contributed by atoms with van der Waals surface area (Å²) in [5, 5.41) is 4.27. The fraction of sp³-hybridized carbons (Fsp3) is 0.368. The molecular formula is C19H21N5O. The number of rotatable bonds is 4. The van der Waals surface area contributed by atoms with Gasteiger partial charge in [-0.3, -0.25) is 4.79 Å². The van der Waals surface area contributed by atoms with E-state index >= 15 is 0 Å². The Kier molecular flexibility index (Phi) is 4.41. The Morgan fingerprint density at radius 1 is 1.08 bits per heavy atom. The normalized spacial score (nSPS) is 15.6. The average molecular weight is 335 g/mol. The van der Waals surface area contributed by atoms with E-state index in [1.54, 1.807) is 6.20 Å². The van der Waals surface area contributed by atoms with Crippen LogP contribution in [-0.2, 0) is 11.2 Å². The van der Waals surface area contributed by atoms with E-state index in [-0.39, 0.29) is 5.91 Å². The van der Waals surface area contributed by atoms with Crippen molar-refractivity contribution in [3.05, 3.63) is 60.2 Å². The third-order valence-electron chi connectivity index (χ3n) is 4.95. The number of hydrogen-bond acceptors (Lipinski definition) is 4. The second kappa shape index (κ2) is 7.01. The maximum absolute atomic E-state index is 12.5. The molecule has 1 fully saturated rings. The molecule has 3 aromatic rings. The number of carbonyl (C=O) groups excluding carboxylic acids is 1. The van der Waals surface area contributed by atoms with E-state index in [0.717, 1.165) is 38.0 Å². The van der Waals surface area contributed by atoms with Crippen LogP contribution in [0.5, 0.6) is 0 Å². The summed E-state index contributed by atoms with van der Waals surface area (Å²) in [6, 6.07) is 12.2. The van der Waals surface area contributed by atoms with Gasteiger partial charge in [0.1, 0.15) is 6.33 Å². The number of carbonyl (C=O) groups is 1. The first-order valence-electron chi connectivity index (χ1n) is 8.77. The molecule has 1 aliphatic rings. The summed E-state index contributed by atoms with van der Waals surface area (Å²) in [5.74, 6) is 1.28. The van der Waals surface area contributed by atoms with Crippen molar-refractivity contribution in [3.63, 3.8) is 0 Å². The van der Waals surface area contributed by atoms with Gasteiger partial charge in [-0.15, -0.1) is 0 Å². The molecule has 6 nitrogen and oxygen atoms in total. The molecule has 0 radical (unpaired) electrons. The maximum Gasteiger partial charge on any atom is 0.252 e. The highest BCUT2D eigenvalue weighted by Gasteiger charge is 2.25. The minimum atomic E-state index is 0.253. The Hall–Kier alpha value is -2.76. The summed E-state index contributed by atoms with van der Waals surface area (Å²) >= 11 is 0. The van der Waals surface area contributed by atoms with Crippen LogP contribution >= 0.6 is 0 Å². The van der Waals surface area contributed by atoms with E-state index in [1.807, 2.05) is 33.7 Å². The van der Waals surface area contributed by atoms with Crippen LogP contribution in [-0.4, -0.2) is 43.5 Å². The maximum atomic E-state index is 12.5. The number of likely N-dealkylation sites (tertiary alicyclic amines) is 1. The fourth-order valence-electron chi connectivity index (χ4n) is 3.54. The summed E-state index contributed by atoms with van der Waals surface area (Å²) < 4.78 is 1.82. The van der Waals surface area contributed by atoms with Crippen LogP contribution in [0.3, 0.4) is 0 Å². The molecule has 0 atom stereocenters. The number of piperidine rings is 1. The molecule has 128 valence electrons. The minimum absolute atomic E-state index is 0.253. The lowest BCUT2D eigenvalue weighted by Crippen LogP contribution is -2.38. The fourth-order valence-corrected chi connectivity index (χ4v) is 3.54. The molecule has 1 saturated heterocycles. The quantitative estimate of drug-likeness (QED) is 0.735. The summed E-state index contributed by atoms with van der Waals surface area (Å²) in [6.07, 6.45) is 6.62. The predicted octanol–water partition coefficient (Wildman–Crippen LogP) is 2.46. The molecule has 0 aliphatic carbocycles. The number of hydrogen-bond donors (Lipinski definition) is 0. The van der Waals surface area contributed by atoms with Gasteiger partial charge in [-0.25, -0.2) is 9.50 Å². The van der Waals surface area contributed by atoms with Gasteiger partial charge in [-0.05, 0) is 30.9 Å². The highest BCUT2D eigenvalue weighted by Crippen LogP contribution is 2.28. The van der Waals surface area contributed by atoms with Crippen molar-refractivity contribution in [2.24, 2.45) is 0 Å². The van der Waals surface area contributed by atoms with Crippen molar-refractivity contribution >= 4 is 11.7 Å². The molecule has 25 heavy (non-hydrogen) atoms. The third-order valence-corrected chi connectivity index (χ3v) is 4.95. The highest BCUT2D eigenvalue weighted by atomic mass is 16.2. The molecule has 4 rings (SSSR count). The molecule has 0 saturated carbocycles. The topological polar surface area (TPSA) is 63.4 Å². The number of aromatic nitrogens is 4. The molecule has 2 aromatic heterocycles. The second-order valence-corrected chi connectivity index (χ2v) is 6.48. The first-order chi connectivity index (χ1) is 12.3. The zero-order valence-corrected chi connectivity index (χ0v) is 14.1. The molecule has 1 amide bonds. The lowest BCUT2D eigenvalue weighted by atomic mass is 9.93. The number of fused-ring (bicyclic) bond motifs is 1. The predicted molar refractivity (Wildman–Crippen MR) is 94.1 cm³/mol. The largest absolute Gasteiger partial charge is 0.343 e. The Bertz CT molecular complexity index is 852. The molecule has 1 aromatic carbocycles. The van der Waals surface area contributed by atoms with Crippen LogP contribution in [0.2, 0.25) is 0 Å². The lowest BCUT2D eigenvalue weighted by Gasteiger charge is -2.32. The van der Waals surface area contributed by atoms with E-state index in [2.05, 4.69) is 27.2 Å². The lowest BCUT2D eigenvalue weighted by molar-refractivity contribution is -0.132. The van der Waals surface area contributed by atoms with Crippen LogP contribution in [0.1, 0.15) is 36.4 Å². The number of amides is 1. The first kappa shape index (κ1) is 15.7. The molecular weight excluding hydrogens is 314 g/mol. The van der Waals surface area contributed by atoms with Crippen LogP contribution in [0.15, 0.2) is 48.9 Å². The van der Waals surface area contributed by atoms with Gasteiger partial charge >= 0.3 is 0 Å². The van der Waals surface area contributed by atoms with E-state index in [9.17, 15) is 4.79 Å². The summed E-state index contributed by atoms with van der Waals surface area (Å²) in [6.45, 7) is 1.60. The Balaban J connectivity index is 1.35. The molecule has 0 spiro atoms. The number of nitrogens with zero attached hydrogens (tertiary/aromatic N) is 5. The number of benzene rings is 1. The van der Waals surface area contributed by atoms with Gasteiger partial charge in [0.25, 0.3) is 5.78 Å². The minimum Gasteiger partial charge on any atom is -0.343 e. The molecule has 3 heterocycles. The van der Waals surface area contributed by atoms with Gasteiger partial charge in [0.05, 0.1) is 5.69 Å².